The minimum absolute atomic E-state index is 0.534. The molecule has 0 heterocycles. The van der Waals surface area contributed by atoms with Crippen LogP contribution in [0.25, 0.3) is 0 Å². The van der Waals surface area contributed by atoms with Gasteiger partial charge in [0.05, 0.1) is 8.07 Å². The highest BCUT2D eigenvalue weighted by atomic mass is 28.3. The van der Waals surface area contributed by atoms with Gasteiger partial charge in [-0.2, -0.15) is 0 Å². The van der Waals surface area contributed by atoms with Crippen LogP contribution in [-0.4, -0.2) is 8.07 Å². The summed E-state index contributed by atoms with van der Waals surface area (Å²) in [7, 11) is -1.27. The van der Waals surface area contributed by atoms with E-state index in [1.807, 2.05) is 0 Å². The summed E-state index contributed by atoms with van der Waals surface area (Å²) >= 11 is 0. The van der Waals surface area contributed by atoms with E-state index < -0.39 is 8.07 Å². The monoisotopic (exact) mass is 284 g/mol. The smallest absolute Gasteiger partial charge is 0.0643 e. The lowest BCUT2D eigenvalue weighted by molar-refractivity contribution is 0.575. The molecule has 0 radical (unpaired) electrons. The van der Waals surface area contributed by atoms with E-state index >= 15 is 0 Å². The van der Waals surface area contributed by atoms with Crippen molar-refractivity contribution in [1.29, 1.82) is 0 Å². The summed E-state index contributed by atoms with van der Waals surface area (Å²) in [6, 6.07) is 3.08. The maximum absolute atomic E-state index is 2.53. The van der Waals surface area contributed by atoms with Crippen LogP contribution in [0.4, 0.5) is 0 Å². The van der Waals surface area contributed by atoms with Crippen molar-refractivity contribution >= 4 is 8.07 Å². The Kier molecular flexibility index (Phi) is 7.95. The Balaban J connectivity index is 5.11. The topological polar surface area (TPSA) is 0 Å². The van der Waals surface area contributed by atoms with E-state index in [4.69, 9.17) is 0 Å². The molecule has 0 aromatic rings. The van der Waals surface area contributed by atoms with Gasteiger partial charge in [0.1, 0.15) is 0 Å². The highest BCUT2D eigenvalue weighted by Crippen LogP contribution is 2.56. The van der Waals surface area contributed by atoms with Crippen LogP contribution in [0.15, 0.2) is 0 Å². The second kappa shape index (κ2) is 7.86. The first-order valence-electron chi connectivity index (χ1n) is 8.62. The summed E-state index contributed by atoms with van der Waals surface area (Å²) in [5, 5.41) is 1.07. The van der Waals surface area contributed by atoms with Crippen molar-refractivity contribution in [2.24, 2.45) is 0 Å². The van der Waals surface area contributed by atoms with Crippen LogP contribution in [0.2, 0.25) is 22.2 Å². The van der Waals surface area contributed by atoms with Crippen LogP contribution in [-0.2, 0) is 0 Å². The maximum atomic E-state index is 2.53. The van der Waals surface area contributed by atoms with E-state index in [1.165, 1.54) is 50.6 Å². The minimum Gasteiger partial charge on any atom is -0.0654 e. The second-order valence-corrected chi connectivity index (χ2v) is 14.7. The first-order valence-corrected chi connectivity index (χ1v) is 11.0. The van der Waals surface area contributed by atoms with Crippen molar-refractivity contribution in [2.75, 3.05) is 0 Å². The van der Waals surface area contributed by atoms with Gasteiger partial charge in [-0.1, -0.05) is 106 Å². The Hall–Kier alpha value is 0.217. The van der Waals surface area contributed by atoms with Crippen LogP contribution >= 0.6 is 0 Å². The van der Waals surface area contributed by atoms with Crippen LogP contribution in [0.5, 0.6) is 0 Å². The molecule has 0 atom stereocenters. The Labute approximate surface area is 124 Å². The van der Waals surface area contributed by atoms with E-state index in [0.717, 1.165) is 0 Å². The first-order chi connectivity index (χ1) is 8.62. The first kappa shape index (κ1) is 19.2. The third-order valence-electron chi connectivity index (χ3n) is 5.29. The van der Waals surface area contributed by atoms with Gasteiger partial charge >= 0.3 is 0 Å². The van der Waals surface area contributed by atoms with Crippen LogP contribution in [0, 0.1) is 0 Å². The summed E-state index contributed by atoms with van der Waals surface area (Å²) in [6.45, 7) is 19.8. The number of hydrogen-bond donors (Lipinski definition) is 0. The summed E-state index contributed by atoms with van der Waals surface area (Å²) < 4.78 is 0. The van der Waals surface area contributed by atoms with Gasteiger partial charge in [-0.05, 0) is 10.1 Å². The molecule has 0 rings (SSSR count). The molecule has 0 saturated carbocycles. The molecular formula is C18H40Si. The molecule has 19 heavy (non-hydrogen) atoms. The highest BCUT2D eigenvalue weighted by Gasteiger charge is 2.50. The fourth-order valence-corrected chi connectivity index (χ4v) is 11.3. The lowest BCUT2D eigenvalue weighted by Gasteiger charge is -2.53. The fraction of sp³-hybridized carbons (Fsp3) is 1.00. The van der Waals surface area contributed by atoms with Crippen LogP contribution < -0.4 is 0 Å². The quantitative estimate of drug-likeness (QED) is 0.321. The molecular weight excluding hydrogens is 244 g/mol. The Bertz CT molecular complexity index is 203. The normalized spacial score (nSPS) is 13.9. The zero-order valence-electron chi connectivity index (χ0n) is 15.2. The summed E-state index contributed by atoms with van der Waals surface area (Å²) in [5.41, 5.74) is 0. The molecule has 1 heteroatoms. The van der Waals surface area contributed by atoms with Crippen molar-refractivity contribution in [1.82, 2.24) is 0 Å². The predicted octanol–water partition coefficient (Wildman–Crippen LogP) is 7.42. The van der Waals surface area contributed by atoms with Gasteiger partial charge in [-0.25, -0.2) is 0 Å². The Morgan fingerprint density at radius 2 is 0.895 bits per heavy atom. The average molecular weight is 285 g/mol. The lowest BCUT2D eigenvalue weighted by atomic mass is 10.2. The van der Waals surface area contributed by atoms with Gasteiger partial charge < -0.3 is 0 Å². The van der Waals surface area contributed by atoms with Gasteiger partial charge in [0.15, 0.2) is 0 Å². The number of hydrogen-bond acceptors (Lipinski definition) is 0. The highest BCUT2D eigenvalue weighted by molar-refractivity contribution is 6.85. The molecule has 0 aliphatic rings. The molecule has 0 aliphatic carbocycles. The zero-order chi connectivity index (χ0) is 15.2. The average Bonchev–Trinajstić information content (AvgIpc) is 2.24. The van der Waals surface area contributed by atoms with Crippen molar-refractivity contribution in [2.45, 2.75) is 116 Å². The van der Waals surface area contributed by atoms with Crippen LogP contribution in [0.1, 0.15) is 93.9 Å². The largest absolute Gasteiger partial charge is 0.0654 e. The Morgan fingerprint density at radius 3 is 1.11 bits per heavy atom. The van der Waals surface area contributed by atoms with E-state index in [9.17, 15) is 0 Å². The summed E-state index contributed by atoms with van der Waals surface area (Å²) in [4.78, 5) is 0. The van der Waals surface area contributed by atoms with Crippen molar-refractivity contribution in [3.05, 3.63) is 0 Å². The predicted molar refractivity (Wildman–Crippen MR) is 93.8 cm³/mol. The molecule has 0 aromatic carbocycles. The molecule has 0 N–H and O–H groups in total. The molecule has 0 bridgehead atoms. The Morgan fingerprint density at radius 1 is 0.579 bits per heavy atom. The second-order valence-electron chi connectivity index (χ2n) is 8.50. The molecule has 0 spiro atoms. The molecule has 0 saturated heterocycles. The van der Waals surface area contributed by atoms with Crippen molar-refractivity contribution in [3.8, 4) is 0 Å². The molecule has 0 aliphatic heterocycles. The van der Waals surface area contributed by atoms with E-state index in [0.29, 0.717) is 10.1 Å². The minimum atomic E-state index is -1.27. The molecule has 0 fully saturated rings. The van der Waals surface area contributed by atoms with Gasteiger partial charge in [-0.3, -0.25) is 0 Å². The lowest BCUT2D eigenvalue weighted by Crippen LogP contribution is -2.51. The number of rotatable bonds is 8. The van der Waals surface area contributed by atoms with E-state index in [1.54, 1.807) is 0 Å². The third kappa shape index (κ3) is 5.25. The van der Waals surface area contributed by atoms with Crippen LogP contribution in [0.3, 0.4) is 0 Å². The molecule has 0 amide bonds. The molecule has 0 nitrogen and oxygen atoms in total. The molecule has 0 unspecified atom stereocenters. The third-order valence-corrected chi connectivity index (χ3v) is 13.4. The van der Waals surface area contributed by atoms with Crippen molar-refractivity contribution < 1.29 is 0 Å². The van der Waals surface area contributed by atoms with Crippen molar-refractivity contribution in [3.63, 3.8) is 0 Å². The zero-order valence-corrected chi connectivity index (χ0v) is 16.2. The fourth-order valence-electron chi connectivity index (χ4n) is 4.10. The SMILES string of the molecule is CCCCC[Si](CCCCC)(C(C)(C)C)C(C)(C)C. The van der Waals surface area contributed by atoms with Gasteiger partial charge in [-0.15, -0.1) is 0 Å². The standard InChI is InChI=1S/C18H40Si/c1-9-11-13-15-19(17(3,4)5,18(6,7)8)16-14-12-10-2/h9-16H2,1-8H3. The summed E-state index contributed by atoms with van der Waals surface area (Å²) in [6.07, 6.45) is 8.48. The number of unbranched alkanes of at least 4 members (excludes halogenated alkanes) is 4. The van der Waals surface area contributed by atoms with E-state index in [2.05, 4.69) is 55.4 Å². The van der Waals surface area contributed by atoms with Gasteiger partial charge in [0.25, 0.3) is 0 Å². The molecule has 116 valence electrons. The maximum Gasteiger partial charge on any atom is 0.0643 e. The summed E-state index contributed by atoms with van der Waals surface area (Å²) in [5.74, 6) is 0. The van der Waals surface area contributed by atoms with Gasteiger partial charge in [0.2, 0.25) is 0 Å². The van der Waals surface area contributed by atoms with E-state index in [-0.39, 0.29) is 0 Å². The molecule has 0 aromatic heterocycles. The van der Waals surface area contributed by atoms with Gasteiger partial charge in [0, 0.05) is 0 Å².